The second kappa shape index (κ2) is 4.84. The summed E-state index contributed by atoms with van der Waals surface area (Å²) >= 11 is 0. The third kappa shape index (κ3) is 2.30. The molecular formula is C15H13NO2. The third-order valence-electron chi connectivity index (χ3n) is 2.88. The lowest BCUT2D eigenvalue weighted by molar-refractivity contribution is 0.1000. The van der Waals surface area contributed by atoms with Gasteiger partial charge in [-0.05, 0) is 35.7 Å². The number of hydrogen-bond donors (Lipinski definition) is 1. The summed E-state index contributed by atoms with van der Waals surface area (Å²) in [5, 5.41) is 0. The van der Waals surface area contributed by atoms with Crippen LogP contribution >= 0.6 is 0 Å². The molecule has 3 nitrogen and oxygen atoms in total. The number of amides is 1. The van der Waals surface area contributed by atoms with Crippen LogP contribution in [-0.2, 0) is 0 Å². The van der Waals surface area contributed by atoms with E-state index in [1.807, 2.05) is 25.1 Å². The first-order chi connectivity index (χ1) is 8.61. The molecule has 0 aliphatic rings. The van der Waals surface area contributed by atoms with Gasteiger partial charge in [0.2, 0.25) is 5.91 Å². The van der Waals surface area contributed by atoms with Crippen LogP contribution in [0.1, 0.15) is 26.3 Å². The van der Waals surface area contributed by atoms with Gasteiger partial charge in [0, 0.05) is 11.1 Å². The largest absolute Gasteiger partial charge is 0.366 e. The van der Waals surface area contributed by atoms with E-state index in [0.717, 1.165) is 23.0 Å². The van der Waals surface area contributed by atoms with Crippen LogP contribution in [0.15, 0.2) is 42.5 Å². The molecule has 0 aliphatic heterocycles. The fourth-order valence-corrected chi connectivity index (χ4v) is 1.83. The zero-order valence-electron chi connectivity index (χ0n) is 10.0. The predicted octanol–water partition coefficient (Wildman–Crippen LogP) is 2.57. The summed E-state index contributed by atoms with van der Waals surface area (Å²) in [6.45, 7) is 1.97. The predicted molar refractivity (Wildman–Crippen MR) is 70.5 cm³/mol. The second-order valence-corrected chi connectivity index (χ2v) is 4.13. The zero-order valence-corrected chi connectivity index (χ0v) is 10.0. The first-order valence-electron chi connectivity index (χ1n) is 5.58. The van der Waals surface area contributed by atoms with E-state index in [2.05, 4.69) is 0 Å². The van der Waals surface area contributed by atoms with Crippen LogP contribution in [0.3, 0.4) is 0 Å². The maximum absolute atomic E-state index is 11.2. The SMILES string of the molecule is Cc1ccc(C(N)=O)cc1-c1ccc(C=O)cc1. The van der Waals surface area contributed by atoms with Crippen LogP contribution < -0.4 is 5.73 Å². The van der Waals surface area contributed by atoms with Gasteiger partial charge in [-0.3, -0.25) is 9.59 Å². The molecule has 3 heteroatoms. The van der Waals surface area contributed by atoms with Crippen molar-refractivity contribution >= 4 is 12.2 Å². The lowest BCUT2D eigenvalue weighted by Gasteiger charge is -2.08. The Morgan fingerprint density at radius 2 is 1.78 bits per heavy atom. The highest BCUT2D eigenvalue weighted by molar-refractivity contribution is 5.94. The molecule has 0 heterocycles. The van der Waals surface area contributed by atoms with Crippen molar-refractivity contribution in [3.8, 4) is 11.1 Å². The van der Waals surface area contributed by atoms with E-state index in [0.29, 0.717) is 11.1 Å². The number of primary amides is 1. The number of benzene rings is 2. The molecule has 0 aromatic heterocycles. The number of nitrogens with two attached hydrogens (primary N) is 1. The second-order valence-electron chi connectivity index (χ2n) is 4.13. The number of rotatable bonds is 3. The summed E-state index contributed by atoms with van der Waals surface area (Å²) < 4.78 is 0. The standard InChI is InChI=1S/C15H13NO2/c1-10-2-5-13(15(16)18)8-14(10)12-6-3-11(9-17)4-7-12/h2-9H,1H3,(H2,16,18). The first-order valence-corrected chi connectivity index (χ1v) is 5.58. The molecule has 0 unspecified atom stereocenters. The molecular weight excluding hydrogens is 226 g/mol. The monoisotopic (exact) mass is 239 g/mol. The zero-order chi connectivity index (χ0) is 13.1. The van der Waals surface area contributed by atoms with Crippen molar-refractivity contribution in [3.63, 3.8) is 0 Å². The maximum atomic E-state index is 11.2. The molecule has 0 saturated heterocycles. The number of carbonyl (C=O) groups excluding carboxylic acids is 2. The topological polar surface area (TPSA) is 60.2 Å². The van der Waals surface area contributed by atoms with E-state index in [9.17, 15) is 9.59 Å². The summed E-state index contributed by atoms with van der Waals surface area (Å²) in [6, 6.07) is 12.6. The fraction of sp³-hybridized carbons (Fsp3) is 0.0667. The summed E-state index contributed by atoms with van der Waals surface area (Å²) in [5.74, 6) is -0.444. The highest BCUT2D eigenvalue weighted by Crippen LogP contribution is 2.24. The Morgan fingerprint density at radius 3 is 2.33 bits per heavy atom. The number of aldehydes is 1. The summed E-state index contributed by atoms with van der Waals surface area (Å²) in [7, 11) is 0. The Bertz CT molecular complexity index is 600. The van der Waals surface area contributed by atoms with Gasteiger partial charge in [-0.15, -0.1) is 0 Å². The van der Waals surface area contributed by atoms with E-state index in [1.165, 1.54) is 0 Å². The van der Waals surface area contributed by atoms with E-state index in [1.54, 1.807) is 24.3 Å². The van der Waals surface area contributed by atoms with Crippen LogP contribution in [0.25, 0.3) is 11.1 Å². The molecule has 0 aliphatic carbocycles. The molecule has 1 amide bonds. The molecule has 2 rings (SSSR count). The van der Waals surface area contributed by atoms with Gasteiger partial charge < -0.3 is 5.73 Å². The van der Waals surface area contributed by atoms with Gasteiger partial charge in [0.25, 0.3) is 0 Å². The van der Waals surface area contributed by atoms with Crippen molar-refractivity contribution in [1.82, 2.24) is 0 Å². The molecule has 2 aromatic carbocycles. The van der Waals surface area contributed by atoms with Crippen LogP contribution in [0.4, 0.5) is 0 Å². The van der Waals surface area contributed by atoms with Crippen molar-refractivity contribution in [1.29, 1.82) is 0 Å². The normalized spacial score (nSPS) is 10.1. The van der Waals surface area contributed by atoms with E-state index in [4.69, 9.17) is 5.73 Å². The minimum atomic E-state index is -0.444. The lowest BCUT2D eigenvalue weighted by Crippen LogP contribution is -2.10. The Hall–Kier alpha value is -2.42. The molecule has 0 saturated carbocycles. The van der Waals surface area contributed by atoms with Crippen molar-refractivity contribution < 1.29 is 9.59 Å². The van der Waals surface area contributed by atoms with Crippen molar-refractivity contribution in [2.45, 2.75) is 6.92 Å². The van der Waals surface area contributed by atoms with Crippen LogP contribution in [0.5, 0.6) is 0 Å². The number of carbonyl (C=O) groups is 2. The first kappa shape index (κ1) is 12.0. The summed E-state index contributed by atoms with van der Waals surface area (Å²) in [4.78, 5) is 21.8. The lowest BCUT2D eigenvalue weighted by atomic mass is 9.97. The highest BCUT2D eigenvalue weighted by atomic mass is 16.1. The average molecular weight is 239 g/mol. The van der Waals surface area contributed by atoms with Gasteiger partial charge in [-0.2, -0.15) is 0 Å². The Kier molecular flexibility index (Phi) is 3.24. The van der Waals surface area contributed by atoms with Crippen molar-refractivity contribution in [2.24, 2.45) is 5.73 Å². The average Bonchev–Trinajstić information content (AvgIpc) is 2.39. The molecule has 0 bridgehead atoms. The van der Waals surface area contributed by atoms with Crippen LogP contribution in [0.2, 0.25) is 0 Å². The molecule has 0 atom stereocenters. The minimum Gasteiger partial charge on any atom is -0.366 e. The van der Waals surface area contributed by atoms with Crippen molar-refractivity contribution in [3.05, 3.63) is 59.2 Å². The molecule has 0 spiro atoms. The van der Waals surface area contributed by atoms with E-state index in [-0.39, 0.29) is 0 Å². The Labute approximate surface area is 105 Å². The Balaban J connectivity index is 2.51. The smallest absolute Gasteiger partial charge is 0.248 e. The van der Waals surface area contributed by atoms with Crippen LogP contribution in [-0.4, -0.2) is 12.2 Å². The van der Waals surface area contributed by atoms with Gasteiger partial charge in [0.05, 0.1) is 0 Å². The molecule has 0 radical (unpaired) electrons. The molecule has 2 aromatic rings. The van der Waals surface area contributed by atoms with Crippen LogP contribution in [0, 0.1) is 6.92 Å². The molecule has 2 N–H and O–H groups in total. The summed E-state index contributed by atoms with van der Waals surface area (Å²) in [6.07, 6.45) is 0.802. The van der Waals surface area contributed by atoms with E-state index < -0.39 is 5.91 Å². The highest BCUT2D eigenvalue weighted by Gasteiger charge is 2.06. The summed E-state index contributed by atoms with van der Waals surface area (Å²) in [5.41, 5.74) is 9.34. The number of aryl methyl sites for hydroxylation is 1. The van der Waals surface area contributed by atoms with Gasteiger partial charge in [-0.1, -0.05) is 30.3 Å². The quantitative estimate of drug-likeness (QED) is 0.837. The fourth-order valence-electron chi connectivity index (χ4n) is 1.83. The van der Waals surface area contributed by atoms with Gasteiger partial charge >= 0.3 is 0 Å². The van der Waals surface area contributed by atoms with Gasteiger partial charge in [-0.25, -0.2) is 0 Å². The van der Waals surface area contributed by atoms with Crippen molar-refractivity contribution in [2.75, 3.05) is 0 Å². The Morgan fingerprint density at radius 1 is 1.11 bits per heavy atom. The molecule has 0 fully saturated rings. The minimum absolute atomic E-state index is 0.444. The van der Waals surface area contributed by atoms with Gasteiger partial charge in [0.15, 0.2) is 0 Å². The van der Waals surface area contributed by atoms with Gasteiger partial charge in [0.1, 0.15) is 6.29 Å². The number of hydrogen-bond acceptors (Lipinski definition) is 2. The molecule has 90 valence electrons. The maximum Gasteiger partial charge on any atom is 0.248 e. The van der Waals surface area contributed by atoms with E-state index >= 15 is 0 Å². The molecule has 18 heavy (non-hydrogen) atoms. The third-order valence-corrected chi connectivity index (χ3v) is 2.88.